The number of halogens is 1. The number of methoxy groups -OCH3 is 2. The van der Waals surface area contributed by atoms with E-state index in [9.17, 15) is 0 Å². The number of aromatic nitrogens is 5. The zero-order chi connectivity index (χ0) is 23.4. The van der Waals surface area contributed by atoms with Crippen molar-refractivity contribution in [2.45, 2.75) is 25.5 Å². The van der Waals surface area contributed by atoms with Crippen molar-refractivity contribution < 1.29 is 9.47 Å². The van der Waals surface area contributed by atoms with E-state index in [0.29, 0.717) is 34.0 Å². The fourth-order valence-corrected chi connectivity index (χ4v) is 4.80. The van der Waals surface area contributed by atoms with Gasteiger partial charge in [0.05, 0.1) is 19.2 Å². The minimum Gasteiger partial charge on any atom is -0.494 e. The second-order valence-electron chi connectivity index (χ2n) is 7.19. The van der Waals surface area contributed by atoms with Gasteiger partial charge in [-0.15, -0.1) is 21.5 Å². The van der Waals surface area contributed by atoms with Gasteiger partial charge in [0.2, 0.25) is 5.95 Å². The predicted molar refractivity (Wildman–Crippen MR) is 134 cm³/mol. The number of thiazole rings is 1. The second kappa shape index (κ2) is 10.4. The maximum absolute atomic E-state index is 5.95. The van der Waals surface area contributed by atoms with Crippen LogP contribution >= 0.6 is 34.9 Å². The lowest BCUT2D eigenvalue weighted by molar-refractivity contribution is 0.391. The van der Waals surface area contributed by atoms with Crippen LogP contribution in [-0.2, 0) is 6.42 Å². The summed E-state index contributed by atoms with van der Waals surface area (Å²) in [6.45, 7) is 4.06. The smallest absolute Gasteiger partial charge is 0.239 e. The van der Waals surface area contributed by atoms with Gasteiger partial charge in [0, 0.05) is 34.6 Å². The molecule has 0 spiro atoms. The first-order valence-corrected chi connectivity index (χ1v) is 12.2. The minimum atomic E-state index is 0.203. The van der Waals surface area contributed by atoms with Crippen molar-refractivity contribution >= 4 is 40.8 Å². The topological polar surface area (TPSA) is 87.0 Å². The third kappa shape index (κ3) is 5.23. The van der Waals surface area contributed by atoms with Crippen LogP contribution in [-0.4, -0.2) is 44.2 Å². The van der Waals surface area contributed by atoms with Crippen molar-refractivity contribution in [1.29, 1.82) is 0 Å². The molecule has 3 aromatic heterocycles. The zero-order valence-corrected chi connectivity index (χ0v) is 21.0. The number of aryl methyl sites for hydroxylation is 1. The molecule has 0 saturated carbocycles. The number of hydrogen-bond acceptors (Lipinski definition) is 9. The SMILES string of the molecule is COc1cccc(OC)c1-n1c(NSC(C)Cc2ccc(Cl)cn2)nnc1-c1nc(C)cs1. The number of nitrogens with zero attached hydrogens (tertiary/aromatic N) is 5. The Kier molecular flexibility index (Phi) is 7.36. The van der Waals surface area contributed by atoms with Crippen molar-refractivity contribution in [3.63, 3.8) is 0 Å². The van der Waals surface area contributed by atoms with Gasteiger partial charge in [0.25, 0.3) is 0 Å². The van der Waals surface area contributed by atoms with Crippen molar-refractivity contribution in [2.75, 3.05) is 18.9 Å². The number of benzene rings is 1. The lowest BCUT2D eigenvalue weighted by Crippen LogP contribution is -2.10. The maximum atomic E-state index is 5.95. The molecule has 0 aliphatic carbocycles. The van der Waals surface area contributed by atoms with Gasteiger partial charge in [-0.25, -0.2) is 4.98 Å². The van der Waals surface area contributed by atoms with Gasteiger partial charge in [0.15, 0.2) is 10.8 Å². The first-order valence-electron chi connectivity index (χ1n) is 10.1. The van der Waals surface area contributed by atoms with E-state index >= 15 is 0 Å². The third-order valence-corrected chi connectivity index (χ3v) is 6.78. The lowest BCUT2D eigenvalue weighted by atomic mass is 10.2. The fraction of sp³-hybridized carbons (Fsp3) is 0.273. The molecule has 0 aliphatic heterocycles. The molecule has 3 heterocycles. The van der Waals surface area contributed by atoms with Gasteiger partial charge >= 0.3 is 0 Å². The molecule has 0 amide bonds. The number of ether oxygens (including phenoxy) is 2. The average Bonchev–Trinajstić information content (AvgIpc) is 3.44. The van der Waals surface area contributed by atoms with Crippen molar-refractivity contribution in [1.82, 2.24) is 24.7 Å². The van der Waals surface area contributed by atoms with Crippen LogP contribution < -0.4 is 14.2 Å². The first-order chi connectivity index (χ1) is 16.0. The summed E-state index contributed by atoms with van der Waals surface area (Å²) in [5, 5.41) is 12.4. The molecule has 0 aliphatic rings. The Bertz CT molecular complexity index is 1210. The summed E-state index contributed by atoms with van der Waals surface area (Å²) in [4.78, 5) is 8.99. The van der Waals surface area contributed by atoms with Crippen LogP contribution in [0.25, 0.3) is 16.5 Å². The van der Waals surface area contributed by atoms with Gasteiger partial charge in [-0.2, -0.15) is 0 Å². The minimum absolute atomic E-state index is 0.203. The Labute approximate surface area is 205 Å². The quantitative estimate of drug-likeness (QED) is 0.302. The van der Waals surface area contributed by atoms with Crippen LogP contribution in [0.15, 0.2) is 41.9 Å². The second-order valence-corrected chi connectivity index (χ2v) is 9.73. The highest BCUT2D eigenvalue weighted by molar-refractivity contribution is 8.01. The number of pyridine rings is 1. The van der Waals surface area contributed by atoms with E-state index in [2.05, 4.69) is 31.8 Å². The number of rotatable bonds is 9. The Balaban J connectivity index is 1.68. The van der Waals surface area contributed by atoms with E-state index in [-0.39, 0.29) is 5.25 Å². The maximum Gasteiger partial charge on any atom is 0.239 e. The summed E-state index contributed by atoms with van der Waals surface area (Å²) in [6.07, 6.45) is 2.42. The molecule has 4 aromatic rings. The van der Waals surface area contributed by atoms with Gasteiger partial charge in [-0.3, -0.25) is 14.3 Å². The van der Waals surface area contributed by atoms with Crippen LogP contribution in [0, 0.1) is 6.92 Å². The fourth-order valence-electron chi connectivity index (χ4n) is 3.23. The molecule has 4 rings (SSSR count). The van der Waals surface area contributed by atoms with E-state index in [0.717, 1.165) is 22.8 Å². The molecule has 0 fully saturated rings. The van der Waals surface area contributed by atoms with Crippen LogP contribution in [0.5, 0.6) is 11.5 Å². The summed E-state index contributed by atoms with van der Waals surface area (Å²) in [5.41, 5.74) is 2.59. The summed E-state index contributed by atoms with van der Waals surface area (Å²) in [5.74, 6) is 2.41. The largest absolute Gasteiger partial charge is 0.494 e. The molecule has 0 radical (unpaired) electrons. The van der Waals surface area contributed by atoms with E-state index in [4.69, 9.17) is 21.1 Å². The molecule has 1 unspecified atom stereocenters. The molecular formula is C22H23ClN6O2S2. The van der Waals surface area contributed by atoms with Crippen LogP contribution in [0.2, 0.25) is 5.02 Å². The van der Waals surface area contributed by atoms with Crippen LogP contribution in [0.4, 0.5) is 5.95 Å². The van der Waals surface area contributed by atoms with E-state index in [1.165, 1.54) is 23.3 Å². The molecule has 1 atom stereocenters. The highest BCUT2D eigenvalue weighted by Crippen LogP contribution is 2.38. The first kappa shape index (κ1) is 23.3. The van der Waals surface area contributed by atoms with Crippen LogP contribution in [0.1, 0.15) is 18.3 Å². The third-order valence-electron chi connectivity index (χ3n) is 4.74. The summed E-state index contributed by atoms with van der Waals surface area (Å²) >= 11 is 8.99. The molecule has 8 nitrogen and oxygen atoms in total. The standard InChI is InChI=1S/C22H23ClN6O2S2/c1-13-12-32-21(25-13)20-26-27-22(28-33-14(2)10-16-9-8-15(23)11-24-16)29(20)19-17(30-3)6-5-7-18(19)31-4/h5-9,11-12,14H,10H2,1-4H3,(H,27,28). The van der Waals surface area contributed by atoms with Crippen molar-refractivity contribution in [3.8, 4) is 28.0 Å². The monoisotopic (exact) mass is 502 g/mol. The molecule has 172 valence electrons. The normalized spacial score (nSPS) is 11.9. The van der Waals surface area contributed by atoms with Gasteiger partial charge < -0.3 is 9.47 Å². The van der Waals surface area contributed by atoms with E-state index in [1.807, 2.05) is 47.2 Å². The number of nitrogens with one attached hydrogen (secondary N) is 1. The van der Waals surface area contributed by atoms with Crippen molar-refractivity contribution in [2.24, 2.45) is 0 Å². The van der Waals surface area contributed by atoms with Gasteiger partial charge in [0.1, 0.15) is 17.2 Å². The molecule has 1 N–H and O–H groups in total. The number of anilines is 1. The average molecular weight is 503 g/mol. The van der Waals surface area contributed by atoms with Crippen LogP contribution in [0.3, 0.4) is 0 Å². The predicted octanol–water partition coefficient (Wildman–Crippen LogP) is 5.46. The number of hydrogen-bond donors (Lipinski definition) is 1. The summed E-state index contributed by atoms with van der Waals surface area (Å²) in [6, 6.07) is 9.41. The van der Waals surface area contributed by atoms with Gasteiger partial charge in [-0.1, -0.05) is 24.6 Å². The highest BCUT2D eigenvalue weighted by Gasteiger charge is 2.24. The molecule has 11 heteroatoms. The van der Waals surface area contributed by atoms with E-state index in [1.54, 1.807) is 20.4 Å². The Morgan fingerprint density at radius 2 is 1.91 bits per heavy atom. The molecule has 33 heavy (non-hydrogen) atoms. The van der Waals surface area contributed by atoms with Crippen molar-refractivity contribution in [3.05, 3.63) is 58.3 Å². The summed E-state index contributed by atoms with van der Waals surface area (Å²) in [7, 11) is 3.25. The molecule has 0 saturated heterocycles. The Morgan fingerprint density at radius 1 is 1.15 bits per heavy atom. The summed E-state index contributed by atoms with van der Waals surface area (Å²) < 4.78 is 16.5. The van der Waals surface area contributed by atoms with Gasteiger partial charge in [-0.05, 0) is 43.1 Å². The molecular weight excluding hydrogens is 480 g/mol. The molecule has 1 aromatic carbocycles. The van der Waals surface area contributed by atoms with E-state index < -0.39 is 0 Å². The number of para-hydroxylation sites is 1. The zero-order valence-electron chi connectivity index (χ0n) is 18.6. The Hall–Kier alpha value is -2.82. The lowest BCUT2D eigenvalue weighted by Gasteiger charge is -2.18. The Morgan fingerprint density at radius 3 is 2.52 bits per heavy atom. The highest BCUT2D eigenvalue weighted by atomic mass is 35.5. The molecule has 0 bridgehead atoms.